The van der Waals surface area contributed by atoms with E-state index >= 15 is 0 Å². The molecule has 1 saturated heterocycles. The highest BCUT2D eigenvalue weighted by molar-refractivity contribution is 5.31. The van der Waals surface area contributed by atoms with E-state index in [9.17, 15) is 4.79 Å². The van der Waals surface area contributed by atoms with E-state index in [0.717, 1.165) is 37.2 Å². The van der Waals surface area contributed by atoms with Crippen LogP contribution in [0.3, 0.4) is 0 Å². The van der Waals surface area contributed by atoms with Gasteiger partial charge in [0.15, 0.2) is 0 Å². The van der Waals surface area contributed by atoms with E-state index in [0.29, 0.717) is 18.1 Å². The van der Waals surface area contributed by atoms with E-state index in [-0.39, 0.29) is 5.56 Å². The molecule has 116 valence electrons. The lowest BCUT2D eigenvalue weighted by molar-refractivity contribution is 0.414. The Kier molecular flexibility index (Phi) is 4.37. The minimum absolute atomic E-state index is 0.161. The number of anilines is 1. The van der Waals surface area contributed by atoms with E-state index in [4.69, 9.17) is 4.74 Å². The number of ether oxygens (including phenoxy) is 1. The molecule has 1 aliphatic rings. The maximum atomic E-state index is 12.2. The Morgan fingerprint density at radius 1 is 1.14 bits per heavy atom. The summed E-state index contributed by atoms with van der Waals surface area (Å²) in [5, 5.41) is 8.31. The Bertz CT molecular complexity index is 675. The number of H-pyrrole nitrogens is 1. The van der Waals surface area contributed by atoms with Crippen molar-refractivity contribution >= 4 is 5.95 Å². The number of hydrogen-bond donors (Lipinski definition) is 1. The molecule has 0 amide bonds. The van der Waals surface area contributed by atoms with Crippen LogP contribution in [-0.2, 0) is 6.42 Å². The van der Waals surface area contributed by atoms with Gasteiger partial charge in [0.05, 0.1) is 7.11 Å². The third-order valence-corrected chi connectivity index (χ3v) is 3.94. The molecule has 1 aromatic carbocycles. The summed E-state index contributed by atoms with van der Waals surface area (Å²) >= 11 is 0. The highest BCUT2D eigenvalue weighted by Gasteiger charge is 2.14. The second kappa shape index (κ2) is 6.60. The largest absolute Gasteiger partial charge is 0.497 e. The van der Waals surface area contributed by atoms with Crippen LogP contribution in [0.25, 0.3) is 0 Å². The van der Waals surface area contributed by atoms with Crippen LogP contribution in [-0.4, -0.2) is 35.4 Å². The molecule has 1 aromatic heterocycles. The fourth-order valence-electron chi connectivity index (χ4n) is 2.65. The quantitative estimate of drug-likeness (QED) is 0.931. The second-order valence-electron chi connectivity index (χ2n) is 5.50. The zero-order valence-corrected chi connectivity index (χ0v) is 12.7. The first-order valence-corrected chi connectivity index (χ1v) is 7.60. The molecule has 0 unspecified atom stereocenters. The van der Waals surface area contributed by atoms with Crippen molar-refractivity contribution < 1.29 is 4.74 Å². The highest BCUT2D eigenvalue weighted by Crippen LogP contribution is 2.15. The van der Waals surface area contributed by atoms with Gasteiger partial charge in [0.25, 0.3) is 5.56 Å². The van der Waals surface area contributed by atoms with Gasteiger partial charge in [-0.05, 0) is 37.0 Å². The molecule has 22 heavy (non-hydrogen) atoms. The molecule has 0 aliphatic carbocycles. The molecule has 0 atom stereocenters. The smallest absolute Gasteiger partial charge is 0.274 e. The fraction of sp³-hybridized carbons (Fsp3) is 0.438. The first kappa shape index (κ1) is 14.6. The van der Waals surface area contributed by atoms with Gasteiger partial charge in [-0.1, -0.05) is 12.1 Å². The predicted molar refractivity (Wildman–Crippen MR) is 84.5 cm³/mol. The molecule has 2 heterocycles. The first-order chi connectivity index (χ1) is 10.8. The Balaban J connectivity index is 1.75. The van der Waals surface area contributed by atoms with Crippen molar-refractivity contribution in [3.8, 4) is 5.75 Å². The molecule has 1 aliphatic heterocycles. The fourth-order valence-corrected chi connectivity index (χ4v) is 2.65. The van der Waals surface area contributed by atoms with Crippen LogP contribution in [0, 0.1) is 0 Å². The third-order valence-electron chi connectivity index (χ3n) is 3.94. The third kappa shape index (κ3) is 3.27. The minimum atomic E-state index is -0.161. The molecule has 0 spiro atoms. The van der Waals surface area contributed by atoms with Crippen LogP contribution in [0.2, 0.25) is 0 Å². The molecule has 0 saturated carbocycles. The van der Waals surface area contributed by atoms with Gasteiger partial charge >= 0.3 is 0 Å². The Morgan fingerprint density at radius 3 is 2.50 bits per heavy atom. The summed E-state index contributed by atoms with van der Waals surface area (Å²) in [6.07, 6.45) is 3.98. The van der Waals surface area contributed by atoms with Crippen molar-refractivity contribution in [2.75, 3.05) is 25.1 Å². The van der Waals surface area contributed by atoms with Crippen molar-refractivity contribution in [2.24, 2.45) is 0 Å². The standard InChI is InChI=1S/C16H20N4O2/c1-22-13-7-5-12(6-8-13)11-14-15(21)17-16(19-18-14)20-9-3-2-4-10-20/h5-8H,2-4,9-11H2,1H3,(H,17,19,21). The number of piperidine rings is 1. The number of aromatic amines is 1. The average molecular weight is 300 g/mol. The lowest BCUT2D eigenvalue weighted by Crippen LogP contribution is -2.33. The van der Waals surface area contributed by atoms with Gasteiger partial charge in [-0.25, -0.2) is 0 Å². The molecule has 1 N–H and O–H groups in total. The van der Waals surface area contributed by atoms with E-state index in [1.54, 1.807) is 7.11 Å². The number of rotatable bonds is 4. The Morgan fingerprint density at radius 2 is 1.86 bits per heavy atom. The summed E-state index contributed by atoms with van der Waals surface area (Å²) < 4.78 is 5.12. The second-order valence-corrected chi connectivity index (χ2v) is 5.50. The van der Waals surface area contributed by atoms with Gasteiger partial charge in [-0.15, -0.1) is 10.2 Å². The molecule has 2 aromatic rings. The minimum Gasteiger partial charge on any atom is -0.497 e. The summed E-state index contributed by atoms with van der Waals surface area (Å²) in [5.41, 5.74) is 1.28. The number of benzene rings is 1. The molecule has 3 rings (SSSR count). The number of nitrogens with zero attached hydrogens (tertiary/aromatic N) is 3. The molecule has 0 radical (unpaired) electrons. The van der Waals surface area contributed by atoms with Crippen LogP contribution in [0.1, 0.15) is 30.5 Å². The first-order valence-electron chi connectivity index (χ1n) is 7.60. The number of aromatic nitrogens is 3. The lowest BCUT2D eigenvalue weighted by atomic mass is 10.1. The van der Waals surface area contributed by atoms with Crippen LogP contribution in [0.4, 0.5) is 5.95 Å². The van der Waals surface area contributed by atoms with Crippen LogP contribution in [0.15, 0.2) is 29.1 Å². The van der Waals surface area contributed by atoms with E-state index in [1.807, 2.05) is 24.3 Å². The molecule has 0 bridgehead atoms. The molecular formula is C16H20N4O2. The van der Waals surface area contributed by atoms with Crippen LogP contribution < -0.4 is 15.2 Å². The monoisotopic (exact) mass is 300 g/mol. The predicted octanol–water partition coefficient (Wildman–Crippen LogP) is 1.75. The van der Waals surface area contributed by atoms with Gasteiger partial charge in [0.2, 0.25) is 5.95 Å². The lowest BCUT2D eigenvalue weighted by Gasteiger charge is -2.26. The molecule has 6 heteroatoms. The summed E-state index contributed by atoms with van der Waals surface area (Å²) in [6.45, 7) is 1.87. The number of nitrogens with one attached hydrogen (secondary N) is 1. The van der Waals surface area contributed by atoms with E-state index < -0.39 is 0 Å². The molecular weight excluding hydrogens is 280 g/mol. The number of methoxy groups -OCH3 is 1. The Labute approximate surface area is 129 Å². The molecule has 6 nitrogen and oxygen atoms in total. The van der Waals surface area contributed by atoms with Crippen molar-refractivity contribution in [1.29, 1.82) is 0 Å². The van der Waals surface area contributed by atoms with Gasteiger partial charge in [-0.3, -0.25) is 9.78 Å². The van der Waals surface area contributed by atoms with Crippen molar-refractivity contribution in [3.63, 3.8) is 0 Å². The van der Waals surface area contributed by atoms with Crippen molar-refractivity contribution in [3.05, 3.63) is 45.9 Å². The summed E-state index contributed by atoms with van der Waals surface area (Å²) in [4.78, 5) is 17.2. The van der Waals surface area contributed by atoms with E-state index in [1.165, 1.54) is 6.42 Å². The SMILES string of the molecule is COc1ccc(Cc2nnc(N3CCCCC3)[nH]c2=O)cc1. The van der Waals surface area contributed by atoms with Crippen molar-refractivity contribution in [1.82, 2.24) is 15.2 Å². The summed E-state index contributed by atoms with van der Waals surface area (Å²) in [6, 6.07) is 7.61. The normalized spacial score (nSPS) is 14.9. The summed E-state index contributed by atoms with van der Waals surface area (Å²) in [7, 11) is 1.63. The van der Waals surface area contributed by atoms with Crippen molar-refractivity contribution in [2.45, 2.75) is 25.7 Å². The van der Waals surface area contributed by atoms with Crippen LogP contribution in [0.5, 0.6) is 5.75 Å². The van der Waals surface area contributed by atoms with Gasteiger partial charge in [-0.2, -0.15) is 0 Å². The zero-order chi connectivity index (χ0) is 15.4. The van der Waals surface area contributed by atoms with Crippen LogP contribution >= 0.6 is 0 Å². The maximum absolute atomic E-state index is 12.2. The van der Waals surface area contributed by atoms with E-state index in [2.05, 4.69) is 20.1 Å². The highest BCUT2D eigenvalue weighted by atomic mass is 16.5. The Hall–Kier alpha value is -2.37. The topological polar surface area (TPSA) is 71.1 Å². The molecule has 1 fully saturated rings. The van der Waals surface area contributed by atoms with Gasteiger partial charge < -0.3 is 9.64 Å². The number of hydrogen-bond acceptors (Lipinski definition) is 5. The summed E-state index contributed by atoms with van der Waals surface area (Å²) in [5.74, 6) is 1.38. The van der Waals surface area contributed by atoms with Gasteiger partial charge in [0.1, 0.15) is 11.4 Å². The van der Waals surface area contributed by atoms with Gasteiger partial charge in [0, 0.05) is 19.5 Å². The average Bonchev–Trinajstić information content (AvgIpc) is 2.58. The zero-order valence-electron chi connectivity index (χ0n) is 12.7. The maximum Gasteiger partial charge on any atom is 0.274 e.